The standard InChI is InChI=1S/C10H20O3Si/c1-4-7-10(12)14(2,3)13-9-6-5-8-11/h4,7,11H,5-6,8-9H2,1-3H3. The van der Waals surface area contributed by atoms with E-state index in [9.17, 15) is 4.79 Å². The Hall–Kier alpha value is -0.453. The van der Waals surface area contributed by atoms with E-state index in [-0.39, 0.29) is 12.0 Å². The molecular formula is C10H20O3Si. The maximum absolute atomic E-state index is 11.5. The van der Waals surface area contributed by atoms with Gasteiger partial charge in [-0.2, -0.15) is 0 Å². The minimum atomic E-state index is -2.19. The SMILES string of the molecule is CC=CC(=O)[Si](C)(C)OCCCCO. The second kappa shape index (κ2) is 6.92. The Labute approximate surface area is 86.9 Å². The van der Waals surface area contributed by atoms with Gasteiger partial charge in [-0.25, -0.2) is 0 Å². The summed E-state index contributed by atoms with van der Waals surface area (Å²) in [4.78, 5) is 11.5. The van der Waals surface area contributed by atoms with Gasteiger partial charge < -0.3 is 9.53 Å². The minimum absolute atomic E-state index is 0.115. The second-order valence-electron chi connectivity index (χ2n) is 3.65. The molecule has 0 saturated carbocycles. The van der Waals surface area contributed by atoms with Gasteiger partial charge in [-0.15, -0.1) is 0 Å². The molecule has 0 aliphatic carbocycles. The molecule has 0 saturated heterocycles. The van der Waals surface area contributed by atoms with Crippen LogP contribution in [0.15, 0.2) is 12.2 Å². The summed E-state index contributed by atoms with van der Waals surface area (Å²) in [7, 11) is -2.19. The zero-order valence-corrected chi connectivity index (χ0v) is 10.2. The number of hydrogen-bond acceptors (Lipinski definition) is 3. The summed E-state index contributed by atoms with van der Waals surface area (Å²) in [5.41, 5.74) is 0. The maximum Gasteiger partial charge on any atom is 0.263 e. The van der Waals surface area contributed by atoms with Crippen LogP contribution in [0.1, 0.15) is 19.8 Å². The molecule has 0 heterocycles. The average molecular weight is 216 g/mol. The molecule has 0 aromatic rings. The van der Waals surface area contributed by atoms with Crippen molar-refractivity contribution in [1.82, 2.24) is 0 Å². The monoisotopic (exact) mass is 216 g/mol. The van der Waals surface area contributed by atoms with Crippen molar-refractivity contribution in [1.29, 1.82) is 0 Å². The number of allylic oxidation sites excluding steroid dienone is 2. The molecule has 0 fully saturated rings. The van der Waals surface area contributed by atoms with Crippen molar-refractivity contribution < 1.29 is 14.3 Å². The van der Waals surface area contributed by atoms with E-state index in [0.717, 1.165) is 12.8 Å². The smallest absolute Gasteiger partial charge is 0.263 e. The Morgan fingerprint density at radius 1 is 1.43 bits per heavy atom. The summed E-state index contributed by atoms with van der Waals surface area (Å²) >= 11 is 0. The van der Waals surface area contributed by atoms with Gasteiger partial charge in [0.1, 0.15) is 0 Å². The lowest BCUT2D eigenvalue weighted by molar-refractivity contribution is -0.109. The number of aliphatic hydroxyl groups excluding tert-OH is 1. The summed E-state index contributed by atoms with van der Waals surface area (Å²) in [6, 6.07) is 0. The molecule has 4 heteroatoms. The van der Waals surface area contributed by atoms with Crippen LogP contribution < -0.4 is 0 Å². The Morgan fingerprint density at radius 3 is 2.57 bits per heavy atom. The number of hydrogen-bond donors (Lipinski definition) is 1. The quantitative estimate of drug-likeness (QED) is 0.400. The van der Waals surface area contributed by atoms with E-state index in [1.54, 1.807) is 12.2 Å². The number of aliphatic hydroxyl groups is 1. The van der Waals surface area contributed by atoms with Gasteiger partial charge in [0.2, 0.25) is 0 Å². The van der Waals surface area contributed by atoms with E-state index in [1.165, 1.54) is 0 Å². The fraction of sp³-hybridized carbons (Fsp3) is 0.700. The predicted octanol–water partition coefficient (Wildman–Crippen LogP) is 1.66. The molecule has 1 N–H and O–H groups in total. The first kappa shape index (κ1) is 13.5. The zero-order chi connectivity index (χ0) is 11.0. The molecule has 0 atom stereocenters. The molecule has 0 bridgehead atoms. The van der Waals surface area contributed by atoms with Crippen molar-refractivity contribution in [2.24, 2.45) is 0 Å². The first-order chi connectivity index (χ1) is 6.54. The van der Waals surface area contributed by atoms with Crippen LogP contribution in [-0.4, -0.2) is 32.0 Å². The van der Waals surface area contributed by atoms with Crippen molar-refractivity contribution in [2.75, 3.05) is 13.2 Å². The number of carbonyl (C=O) groups is 1. The van der Waals surface area contributed by atoms with Gasteiger partial charge in [0.15, 0.2) is 5.41 Å². The molecule has 3 nitrogen and oxygen atoms in total. The van der Waals surface area contributed by atoms with Gasteiger partial charge in [0.05, 0.1) is 0 Å². The predicted molar refractivity (Wildman–Crippen MR) is 59.6 cm³/mol. The Morgan fingerprint density at radius 2 is 2.07 bits per heavy atom. The van der Waals surface area contributed by atoms with Crippen LogP contribution in [-0.2, 0) is 9.22 Å². The molecule has 0 spiro atoms. The third-order valence-electron chi connectivity index (χ3n) is 1.93. The van der Waals surface area contributed by atoms with Gasteiger partial charge in [-0.05, 0) is 38.9 Å². The lowest BCUT2D eigenvalue weighted by atomic mass is 10.3. The van der Waals surface area contributed by atoms with Crippen LogP contribution in [0.5, 0.6) is 0 Å². The summed E-state index contributed by atoms with van der Waals surface area (Å²) in [6.07, 6.45) is 4.88. The Balaban J connectivity index is 3.88. The number of rotatable bonds is 7. The highest BCUT2D eigenvalue weighted by atomic mass is 28.4. The van der Waals surface area contributed by atoms with Crippen LogP contribution in [0.2, 0.25) is 13.1 Å². The Bertz CT molecular complexity index is 200. The van der Waals surface area contributed by atoms with E-state index in [0.29, 0.717) is 6.61 Å². The fourth-order valence-corrected chi connectivity index (χ4v) is 2.33. The van der Waals surface area contributed by atoms with Gasteiger partial charge in [0, 0.05) is 13.2 Å². The summed E-state index contributed by atoms with van der Waals surface area (Å²) in [5, 5.41) is 8.68. The molecule has 0 rings (SSSR count). The van der Waals surface area contributed by atoms with Crippen molar-refractivity contribution in [3.05, 3.63) is 12.2 Å². The van der Waals surface area contributed by atoms with E-state index in [1.807, 2.05) is 20.0 Å². The largest absolute Gasteiger partial charge is 0.409 e. The van der Waals surface area contributed by atoms with Crippen LogP contribution in [0.3, 0.4) is 0 Å². The molecule has 0 amide bonds. The normalized spacial score (nSPS) is 12.3. The molecule has 0 radical (unpaired) electrons. The first-order valence-electron chi connectivity index (χ1n) is 4.96. The molecule has 0 aromatic heterocycles. The van der Waals surface area contributed by atoms with Crippen molar-refractivity contribution in [3.8, 4) is 0 Å². The molecule has 0 aliphatic rings. The minimum Gasteiger partial charge on any atom is -0.409 e. The van der Waals surface area contributed by atoms with Crippen molar-refractivity contribution in [2.45, 2.75) is 32.9 Å². The molecule has 0 unspecified atom stereocenters. The molecule has 0 aromatic carbocycles. The highest BCUT2D eigenvalue weighted by Crippen LogP contribution is 2.08. The van der Waals surface area contributed by atoms with Crippen molar-refractivity contribution in [3.63, 3.8) is 0 Å². The summed E-state index contributed by atoms with van der Waals surface area (Å²) in [6.45, 7) is 6.38. The highest BCUT2D eigenvalue weighted by molar-refractivity contribution is 7.01. The topological polar surface area (TPSA) is 46.5 Å². The zero-order valence-electron chi connectivity index (χ0n) is 9.25. The van der Waals surface area contributed by atoms with Crippen molar-refractivity contribution >= 4 is 13.7 Å². The fourth-order valence-electron chi connectivity index (χ4n) is 0.964. The molecule has 0 aliphatic heterocycles. The Kier molecular flexibility index (Phi) is 6.70. The average Bonchev–Trinajstić information content (AvgIpc) is 2.13. The maximum atomic E-state index is 11.5. The lowest BCUT2D eigenvalue weighted by Crippen LogP contribution is -2.40. The van der Waals surface area contributed by atoms with Crippen LogP contribution in [0, 0.1) is 0 Å². The van der Waals surface area contributed by atoms with Gasteiger partial charge in [-0.3, -0.25) is 4.79 Å². The van der Waals surface area contributed by atoms with E-state index < -0.39 is 8.32 Å². The molecule has 82 valence electrons. The molecule has 14 heavy (non-hydrogen) atoms. The lowest BCUT2D eigenvalue weighted by Gasteiger charge is -2.19. The summed E-state index contributed by atoms with van der Waals surface area (Å²) in [5.74, 6) is 0. The van der Waals surface area contributed by atoms with Crippen LogP contribution >= 0.6 is 0 Å². The summed E-state index contributed by atoms with van der Waals surface area (Å²) < 4.78 is 5.57. The van der Waals surface area contributed by atoms with Crippen LogP contribution in [0.4, 0.5) is 0 Å². The molecular weight excluding hydrogens is 196 g/mol. The van der Waals surface area contributed by atoms with Gasteiger partial charge in [0.25, 0.3) is 8.32 Å². The van der Waals surface area contributed by atoms with Gasteiger partial charge >= 0.3 is 0 Å². The highest BCUT2D eigenvalue weighted by Gasteiger charge is 2.29. The van der Waals surface area contributed by atoms with E-state index in [4.69, 9.17) is 9.53 Å². The third kappa shape index (κ3) is 5.31. The van der Waals surface area contributed by atoms with E-state index >= 15 is 0 Å². The second-order valence-corrected chi connectivity index (χ2v) is 7.46. The van der Waals surface area contributed by atoms with Gasteiger partial charge in [-0.1, -0.05) is 6.08 Å². The third-order valence-corrected chi connectivity index (χ3v) is 4.21. The van der Waals surface area contributed by atoms with Crippen LogP contribution in [0.25, 0.3) is 0 Å². The first-order valence-corrected chi connectivity index (χ1v) is 7.87. The van der Waals surface area contributed by atoms with E-state index in [2.05, 4.69) is 0 Å². The number of carbonyl (C=O) groups excluding carboxylic acids is 1. The number of unbranched alkanes of at least 4 members (excludes halogenated alkanes) is 1.